The second kappa shape index (κ2) is 4.94. The molecule has 0 aromatic heterocycles. The molecule has 1 unspecified atom stereocenters. The van der Waals surface area contributed by atoms with E-state index in [1.165, 1.54) is 11.1 Å². The van der Waals surface area contributed by atoms with Crippen LogP contribution >= 0.6 is 0 Å². The lowest BCUT2D eigenvalue weighted by molar-refractivity contribution is 0.240. The Morgan fingerprint density at radius 2 is 2.19 bits per heavy atom. The number of hydrazone groups is 1. The number of nitrogens with zero attached hydrogens (tertiary/aromatic N) is 1. The summed E-state index contributed by atoms with van der Waals surface area (Å²) in [5.74, 6) is 0.269. The first-order valence-corrected chi connectivity index (χ1v) is 5.49. The molecule has 0 saturated heterocycles. The van der Waals surface area contributed by atoms with Crippen LogP contribution in [0.25, 0.3) is 5.57 Å². The quantitative estimate of drug-likeness (QED) is 0.815. The first kappa shape index (κ1) is 10.9. The van der Waals surface area contributed by atoms with Crippen LogP contribution in [-0.4, -0.2) is 17.9 Å². The van der Waals surface area contributed by atoms with Gasteiger partial charge in [0.1, 0.15) is 0 Å². The Morgan fingerprint density at radius 3 is 3.00 bits per heavy atom. The Morgan fingerprint density at radius 1 is 1.38 bits per heavy atom. The number of allylic oxidation sites excluding steroid dienone is 2. The van der Waals surface area contributed by atoms with E-state index in [-0.39, 0.29) is 12.5 Å². The highest BCUT2D eigenvalue weighted by molar-refractivity contribution is 5.90. The predicted molar refractivity (Wildman–Crippen MR) is 67.4 cm³/mol. The van der Waals surface area contributed by atoms with Crippen molar-refractivity contribution in [3.63, 3.8) is 0 Å². The van der Waals surface area contributed by atoms with Gasteiger partial charge in [-0.2, -0.15) is 5.10 Å². The van der Waals surface area contributed by atoms with Gasteiger partial charge in [0.15, 0.2) is 0 Å². The summed E-state index contributed by atoms with van der Waals surface area (Å²) in [4.78, 5) is 0. The maximum atomic E-state index is 9.11. The molecule has 2 rings (SSSR count). The van der Waals surface area contributed by atoms with Crippen LogP contribution < -0.4 is 5.43 Å². The van der Waals surface area contributed by atoms with E-state index < -0.39 is 0 Å². The van der Waals surface area contributed by atoms with Gasteiger partial charge in [-0.3, -0.25) is 5.43 Å². The van der Waals surface area contributed by atoms with Gasteiger partial charge in [0.2, 0.25) is 0 Å². The van der Waals surface area contributed by atoms with Crippen molar-refractivity contribution in [2.45, 2.75) is 13.3 Å². The Hall–Kier alpha value is -1.61. The third kappa shape index (κ3) is 2.31. The second-order valence-corrected chi connectivity index (χ2v) is 4.12. The van der Waals surface area contributed by atoms with Crippen molar-refractivity contribution in [2.75, 3.05) is 12.0 Å². The molecule has 0 amide bonds. The van der Waals surface area contributed by atoms with Gasteiger partial charge in [-0.15, -0.1) is 0 Å². The summed E-state index contributed by atoms with van der Waals surface area (Å²) in [5.41, 5.74) is 6.40. The van der Waals surface area contributed by atoms with Crippen LogP contribution in [0.15, 0.2) is 35.4 Å². The molecule has 84 valence electrons. The number of aliphatic hydroxyl groups is 1. The molecule has 0 spiro atoms. The minimum atomic E-state index is 0.212. The first-order chi connectivity index (χ1) is 7.81. The molecule has 0 radical (unpaired) electrons. The molecule has 0 saturated carbocycles. The fourth-order valence-electron chi connectivity index (χ4n) is 1.80. The molecular weight excluding hydrogens is 200 g/mol. The normalized spacial score (nSPS) is 15.8. The van der Waals surface area contributed by atoms with Gasteiger partial charge in [-0.25, -0.2) is 0 Å². The van der Waals surface area contributed by atoms with Crippen LogP contribution in [0.5, 0.6) is 0 Å². The summed E-state index contributed by atoms with van der Waals surface area (Å²) >= 11 is 0. The van der Waals surface area contributed by atoms with Crippen LogP contribution in [-0.2, 0) is 0 Å². The van der Waals surface area contributed by atoms with Gasteiger partial charge in [-0.05, 0) is 30.1 Å². The van der Waals surface area contributed by atoms with Gasteiger partial charge in [0.05, 0.1) is 5.69 Å². The van der Waals surface area contributed by atoms with Crippen molar-refractivity contribution in [3.05, 3.63) is 35.9 Å². The van der Waals surface area contributed by atoms with Crippen LogP contribution in [0.4, 0.5) is 5.69 Å². The number of hydrogen-bond donors (Lipinski definition) is 2. The van der Waals surface area contributed by atoms with Crippen LogP contribution in [0.1, 0.15) is 18.9 Å². The number of nitrogens with one attached hydrogen (secondary N) is 1. The number of fused-ring (bicyclic) bond motifs is 1. The Bertz CT molecular complexity index is 424. The molecule has 3 heteroatoms. The van der Waals surface area contributed by atoms with Crippen molar-refractivity contribution < 1.29 is 5.11 Å². The maximum Gasteiger partial charge on any atom is 0.0636 e. The summed E-state index contributed by atoms with van der Waals surface area (Å²) in [5, 5.41) is 13.2. The largest absolute Gasteiger partial charge is 0.396 e. The fourth-order valence-corrected chi connectivity index (χ4v) is 1.80. The number of rotatable bonds is 3. The van der Waals surface area contributed by atoms with Crippen LogP contribution in [0.3, 0.4) is 0 Å². The van der Waals surface area contributed by atoms with E-state index >= 15 is 0 Å². The molecular formula is C13H16N2O. The third-order valence-corrected chi connectivity index (χ3v) is 2.69. The molecule has 3 nitrogen and oxygen atoms in total. The minimum absolute atomic E-state index is 0.212. The lowest BCUT2D eigenvalue weighted by Gasteiger charge is -2.13. The molecule has 1 aliphatic heterocycles. The molecule has 16 heavy (non-hydrogen) atoms. The lowest BCUT2D eigenvalue weighted by Crippen LogP contribution is -2.02. The molecule has 0 aliphatic carbocycles. The van der Waals surface area contributed by atoms with Gasteiger partial charge < -0.3 is 5.11 Å². The SMILES string of the molecule is CC(CO)CC1=CC=NNc2ccccc21. The molecule has 1 aliphatic rings. The fraction of sp³-hybridized carbons (Fsp3) is 0.308. The Labute approximate surface area is 95.5 Å². The molecule has 1 atom stereocenters. The number of para-hydroxylation sites is 1. The smallest absolute Gasteiger partial charge is 0.0636 e. The maximum absolute atomic E-state index is 9.11. The van der Waals surface area contributed by atoms with Gasteiger partial charge in [0.25, 0.3) is 0 Å². The van der Waals surface area contributed by atoms with E-state index in [4.69, 9.17) is 5.11 Å². The van der Waals surface area contributed by atoms with Gasteiger partial charge in [-0.1, -0.05) is 25.1 Å². The van der Waals surface area contributed by atoms with Crippen molar-refractivity contribution in [1.82, 2.24) is 0 Å². The molecule has 0 fully saturated rings. The molecule has 2 N–H and O–H groups in total. The molecule has 0 bridgehead atoms. The average Bonchev–Trinajstić information content (AvgIpc) is 2.52. The standard InChI is InChI=1S/C13H16N2O/c1-10(9-16)8-11-6-7-14-15-13-5-3-2-4-12(11)13/h2-7,10,15-16H,8-9H2,1H3. The van der Waals surface area contributed by atoms with E-state index in [0.717, 1.165) is 12.1 Å². The topological polar surface area (TPSA) is 44.6 Å². The molecule has 1 aromatic carbocycles. The summed E-state index contributed by atoms with van der Waals surface area (Å²) in [6, 6.07) is 8.09. The first-order valence-electron chi connectivity index (χ1n) is 5.49. The number of benzene rings is 1. The van der Waals surface area contributed by atoms with Crippen molar-refractivity contribution in [1.29, 1.82) is 0 Å². The summed E-state index contributed by atoms with van der Waals surface area (Å²) < 4.78 is 0. The summed E-state index contributed by atoms with van der Waals surface area (Å²) in [7, 11) is 0. The van der Waals surface area contributed by atoms with E-state index in [1.807, 2.05) is 31.2 Å². The van der Waals surface area contributed by atoms with Gasteiger partial charge in [0, 0.05) is 18.4 Å². The molecule has 1 heterocycles. The Kier molecular flexibility index (Phi) is 3.37. The van der Waals surface area contributed by atoms with Crippen molar-refractivity contribution >= 4 is 17.5 Å². The van der Waals surface area contributed by atoms with E-state index in [2.05, 4.69) is 16.6 Å². The average molecular weight is 216 g/mol. The third-order valence-electron chi connectivity index (χ3n) is 2.69. The van der Waals surface area contributed by atoms with Crippen LogP contribution in [0, 0.1) is 5.92 Å². The number of aliphatic hydroxyl groups excluding tert-OH is 1. The minimum Gasteiger partial charge on any atom is -0.396 e. The highest BCUT2D eigenvalue weighted by Gasteiger charge is 2.11. The second-order valence-electron chi connectivity index (χ2n) is 4.12. The molecule has 1 aromatic rings. The zero-order valence-electron chi connectivity index (χ0n) is 9.35. The summed E-state index contributed by atoms with van der Waals surface area (Å²) in [6.07, 6.45) is 4.63. The number of anilines is 1. The lowest BCUT2D eigenvalue weighted by atomic mass is 9.94. The van der Waals surface area contributed by atoms with Crippen molar-refractivity contribution in [3.8, 4) is 0 Å². The monoisotopic (exact) mass is 216 g/mol. The predicted octanol–water partition coefficient (Wildman–Crippen LogP) is 2.50. The van der Waals surface area contributed by atoms with E-state index in [0.29, 0.717) is 0 Å². The Balaban J connectivity index is 2.31. The highest BCUT2D eigenvalue weighted by Crippen LogP contribution is 2.29. The van der Waals surface area contributed by atoms with Gasteiger partial charge >= 0.3 is 0 Å². The van der Waals surface area contributed by atoms with Crippen LogP contribution in [0.2, 0.25) is 0 Å². The highest BCUT2D eigenvalue weighted by atomic mass is 16.3. The zero-order valence-corrected chi connectivity index (χ0v) is 9.35. The van der Waals surface area contributed by atoms with Crippen molar-refractivity contribution in [2.24, 2.45) is 11.0 Å². The zero-order chi connectivity index (χ0) is 11.4. The van der Waals surface area contributed by atoms with E-state index in [1.54, 1.807) is 6.21 Å². The van der Waals surface area contributed by atoms with E-state index in [9.17, 15) is 0 Å². The number of hydrogen-bond acceptors (Lipinski definition) is 3. The summed E-state index contributed by atoms with van der Waals surface area (Å²) in [6.45, 7) is 2.25.